The lowest BCUT2D eigenvalue weighted by Gasteiger charge is -2.13. The average Bonchev–Trinajstić information content (AvgIpc) is 2.62. The molecule has 1 atom stereocenters. The van der Waals surface area contributed by atoms with Gasteiger partial charge < -0.3 is 24.6 Å². The minimum Gasteiger partial charge on any atom is -0.494 e. The Morgan fingerprint density at radius 2 is 1.50 bits per heavy atom. The molecule has 0 fully saturated rings. The Hall–Kier alpha value is -2.24. The minimum atomic E-state index is -0.560. The first-order valence-electron chi connectivity index (χ1n) is 8.20. The summed E-state index contributed by atoms with van der Waals surface area (Å²) in [6, 6.07) is 17.0. The molecule has 24 heavy (non-hydrogen) atoms. The van der Waals surface area contributed by atoms with Gasteiger partial charge in [-0.1, -0.05) is 18.2 Å². The molecule has 5 nitrogen and oxygen atoms in total. The monoisotopic (exact) mass is 331 g/mol. The highest BCUT2D eigenvalue weighted by atomic mass is 16.5. The molecular weight excluding hydrogens is 306 g/mol. The molecule has 0 heterocycles. The van der Waals surface area contributed by atoms with Crippen LogP contribution in [0.25, 0.3) is 0 Å². The Balaban J connectivity index is 1.54. The molecule has 0 amide bonds. The Bertz CT molecular complexity index is 559. The molecular formula is C19H25NO4. The summed E-state index contributed by atoms with van der Waals surface area (Å²) in [6.07, 6.45) is -0.560. The van der Waals surface area contributed by atoms with Gasteiger partial charge in [0, 0.05) is 13.1 Å². The maximum absolute atomic E-state index is 9.87. The van der Waals surface area contributed by atoms with E-state index in [1.165, 1.54) is 0 Å². The zero-order valence-corrected chi connectivity index (χ0v) is 14.0. The van der Waals surface area contributed by atoms with Crippen LogP contribution < -0.4 is 19.5 Å². The molecule has 0 aliphatic heterocycles. The van der Waals surface area contributed by atoms with Gasteiger partial charge in [-0.2, -0.15) is 0 Å². The van der Waals surface area contributed by atoms with Crippen LogP contribution in [0.3, 0.4) is 0 Å². The van der Waals surface area contributed by atoms with Crippen molar-refractivity contribution in [1.29, 1.82) is 0 Å². The zero-order chi connectivity index (χ0) is 17.0. The fraction of sp³-hybridized carbons (Fsp3) is 0.368. The van der Waals surface area contributed by atoms with Gasteiger partial charge in [0.15, 0.2) is 0 Å². The number of rotatable bonds is 11. The molecule has 2 rings (SSSR count). The van der Waals surface area contributed by atoms with Crippen LogP contribution >= 0.6 is 0 Å². The normalized spacial score (nSPS) is 11.8. The lowest BCUT2D eigenvalue weighted by atomic mass is 10.3. The summed E-state index contributed by atoms with van der Waals surface area (Å²) in [5.74, 6) is 2.40. The van der Waals surface area contributed by atoms with Crippen LogP contribution in [0.1, 0.15) is 6.92 Å². The molecule has 5 heteroatoms. The summed E-state index contributed by atoms with van der Waals surface area (Å²) in [4.78, 5) is 0. The third-order valence-corrected chi connectivity index (χ3v) is 3.25. The Kier molecular flexibility index (Phi) is 7.93. The SMILES string of the molecule is CCOc1ccc(OCCNCC(O)COc2ccccc2)cc1. The Morgan fingerprint density at radius 1 is 0.875 bits per heavy atom. The largest absolute Gasteiger partial charge is 0.494 e. The standard InChI is InChI=1S/C19H25NO4/c1-2-22-18-8-10-19(11-9-18)23-13-12-20-14-16(21)15-24-17-6-4-3-5-7-17/h3-11,16,20-21H,2,12-15H2,1H3. The summed E-state index contributed by atoms with van der Waals surface area (Å²) in [7, 11) is 0. The molecule has 2 N–H and O–H groups in total. The molecule has 0 aliphatic carbocycles. The number of hydrogen-bond donors (Lipinski definition) is 2. The lowest BCUT2D eigenvalue weighted by Crippen LogP contribution is -2.33. The van der Waals surface area contributed by atoms with Gasteiger partial charge in [-0.05, 0) is 43.3 Å². The van der Waals surface area contributed by atoms with E-state index in [-0.39, 0.29) is 6.61 Å². The van der Waals surface area contributed by atoms with E-state index in [2.05, 4.69) is 5.32 Å². The van der Waals surface area contributed by atoms with Crippen LogP contribution in [-0.2, 0) is 0 Å². The van der Waals surface area contributed by atoms with Gasteiger partial charge in [-0.15, -0.1) is 0 Å². The van der Waals surface area contributed by atoms with Gasteiger partial charge in [-0.3, -0.25) is 0 Å². The van der Waals surface area contributed by atoms with E-state index in [1.54, 1.807) is 0 Å². The van der Waals surface area contributed by atoms with Crippen molar-refractivity contribution < 1.29 is 19.3 Å². The highest BCUT2D eigenvalue weighted by Gasteiger charge is 2.04. The van der Waals surface area contributed by atoms with Crippen LogP contribution in [0.2, 0.25) is 0 Å². The predicted molar refractivity (Wildman–Crippen MR) is 93.9 cm³/mol. The third kappa shape index (κ3) is 6.89. The number of hydrogen-bond acceptors (Lipinski definition) is 5. The van der Waals surface area contributed by atoms with Gasteiger partial charge >= 0.3 is 0 Å². The van der Waals surface area contributed by atoms with Gasteiger partial charge in [0.2, 0.25) is 0 Å². The Labute approximate surface area is 143 Å². The quantitative estimate of drug-likeness (QED) is 0.620. The fourth-order valence-electron chi connectivity index (χ4n) is 2.08. The van der Waals surface area contributed by atoms with Gasteiger partial charge in [0.25, 0.3) is 0 Å². The van der Waals surface area contributed by atoms with E-state index in [9.17, 15) is 5.11 Å². The van der Waals surface area contributed by atoms with Crippen molar-refractivity contribution in [2.45, 2.75) is 13.0 Å². The molecule has 1 unspecified atom stereocenters. The van der Waals surface area contributed by atoms with Crippen molar-refractivity contribution in [3.63, 3.8) is 0 Å². The summed E-state index contributed by atoms with van der Waals surface area (Å²) in [5.41, 5.74) is 0. The first-order valence-corrected chi connectivity index (χ1v) is 8.20. The van der Waals surface area contributed by atoms with E-state index >= 15 is 0 Å². The fourth-order valence-corrected chi connectivity index (χ4v) is 2.08. The van der Waals surface area contributed by atoms with Crippen molar-refractivity contribution in [2.75, 3.05) is 32.9 Å². The van der Waals surface area contributed by atoms with Crippen molar-refractivity contribution >= 4 is 0 Å². The number of nitrogens with one attached hydrogen (secondary N) is 1. The molecule has 0 saturated carbocycles. The molecule has 0 spiro atoms. The molecule has 0 bridgehead atoms. The average molecular weight is 331 g/mol. The lowest BCUT2D eigenvalue weighted by molar-refractivity contribution is 0.105. The molecule has 2 aromatic carbocycles. The predicted octanol–water partition coefficient (Wildman–Crippen LogP) is 2.49. The Morgan fingerprint density at radius 3 is 2.17 bits per heavy atom. The summed E-state index contributed by atoms with van der Waals surface area (Å²) < 4.78 is 16.5. The number of benzene rings is 2. The first kappa shape index (κ1) is 18.1. The van der Waals surface area contributed by atoms with Gasteiger partial charge in [0.1, 0.15) is 36.6 Å². The number of para-hydroxylation sites is 1. The maximum atomic E-state index is 9.87. The van der Waals surface area contributed by atoms with Crippen molar-refractivity contribution in [2.24, 2.45) is 0 Å². The van der Waals surface area contributed by atoms with Crippen molar-refractivity contribution in [3.05, 3.63) is 54.6 Å². The second-order valence-corrected chi connectivity index (χ2v) is 5.23. The molecule has 2 aromatic rings. The van der Waals surface area contributed by atoms with Gasteiger partial charge in [0.05, 0.1) is 6.61 Å². The van der Waals surface area contributed by atoms with Crippen LogP contribution in [0, 0.1) is 0 Å². The van der Waals surface area contributed by atoms with Crippen LogP contribution in [0.4, 0.5) is 0 Å². The van der Waals surface area contributed by atoms with E-state index < -0.39 is 6.10 Å². The first-order chi connectivity index (χ1) is 11.8. The van der Waals surface area contributed by atoms with E-state index in [0.29, 0.717) is 26.3 Å². The second kappa shape index (κ2) is 10.5. The minimum absolute atomic E-state index is 0.261. The number of aliphatic hydroxyl groups is 1. The highest BCUT2D eigenvalue weighted by molar-refractivity contribution is 5.31. The van der Waals surface area contributed by atoms with Gasteiger partial charge in [-0.25, -0.2) is 0 Å². The molecule has 0 radical (unpaired) electrons. The van der Waals surface area contributed by atoms with Crippen LogP contribution in [-0.4, -0.2) is 44.1 Å². The summed E-state index contributed by atoms with van der Waals surface area (Å²) in [5, 5.41) is 13.0. The second-order valence-electron chi connectivity index (χ2n) is 5.23. The molecule has 0 saturated heterocycles. The topological polar surface area (TPSA) is 60.0 Å². The number of ether oxygens (including phenoxy) is 3. The van der Waals surface area contributed by atoms with E-state index in [1.807, 2.05) is 61.5 Å². The molecule has 130 valence electrons. The number of aliphatic hydroxyl groups excluding tert-OH is 1. The van der Waals surface area contributed by atoms with Crippen molar-refractivity contribution in [3.8, 4) is 17.2 Å². The molecule has 0 aromatic heterocycles. The van der Waals surface area contributed by atoms with Crippen LogP contribution in [0.15, 0.2) is 54.6 Å². The van der Waals surface area contributed by atoms with E-state index in [0.717, 1.165) is 17.2 Å². The van der Waals surface area contributed by atoms with Crippen LogP contribution in [0.5, 0.6) is 17.2 Å². The van der Waals surface area contributed by atoms with Crippen molar-refractivity contribution in [1.82, 2.24) is 5.32 Å². The summed E-state index contributed by atoms with van der Waals surface area (Å²) in [6.45, 7) is 4.50. The summed E-state index contributed by atoms with van der Waals surface area (Å²) >= 11 is 0. The molecule has 0 aliphatic rings. The highest BCUT2D eigenvalue weighted by Crippen LogP contribution is 2.17. The zero-order valence-electron chi connectivity index (χ0n) is 14.0. The smallest absolute Gasteiger partial charge is 0.119 e. The third-order valence-electron chi connectivity index (χ3n) is 3.25. The van der Waals surface area contributed by atoms with E-state index in [4.69, 9.17) is 14.2 Å². The maximum Gasteiger partial charge on any atom is 0.119 e.